The van der Waals surface area contributed by atoms with Crippen molar-refractivity contribution in [2.24, 2.45) is 0 Å². The molecule has 1 N–H and O–H groups in total. The van der Waals surface area contributed by atoms with Gasteiger partial charge in [-0.25, -0.2) is 8.42 Å². The lowest BCUT2D eigenvalue weighted by atomic mass is 10.2. The van der Waals surface area contributed by atoms with Gasteiger partial charge in [-0.2, -0.15) is 9.57 Å². The number of hydrogen-bond donors (Lipinski definition) is 1. The molecule has 1 amide bonds. The summed E-state index contributed by atoms with van der Waals surface area (Å²) in [5.74, 6) is -0.244. The molecule has 22 heavy (non-hydrogen) atoms. The highest BCUT2D eigenvalue weighted by atomic mass is 32.2. The van der Waals surface area contributed by atoms with Gasteiger partial charge in [-0.15, -0.1) is 0 Å². The summed E-state index contributed by atoms with van der Waals surface area (Å²) in [6.45, 7) is -0.135. The summed E-state index contributed by atoms with van der Waals surface area (Å²) in [6, 6.07) is 7.87. The molecule has 0 aliphatic heterocycles. The zero-order chi connectivity index (χ0) is 15.7. The van der Waals surface area contributed by atoms with Crippen LogP contribution in [-0.2, 0) is 14.8 Å². The van der Waals surface area contributed by atoms with Crippen LogP contribution in [0, 0.1) is 11.3 Å². The number of carbonyl (C=O) groups is 1. The van der Waals surface area contributed by atoms with Crippen molar-refractivity contribution in [3.05, 3.63) is 29.8 Å². The van der Waals surface area contributed by atoms with E-state index in [1.165, 1.54) is 28.6 Å². The minimum absolute atomic E-state index is 0.0920. The number of sulfonamides is 1. The molecular weight excluding hydrogens is 302 g/mol. The van der Waals surface area contributed by atoms with E-state index in [9.17, 15) is 13.2 Å². The Hall–Kier alpha value is -1.91. The van der Waals surface area contributed by atoms with Crippen LogP contribution in [0.1, 0.15) is 31.2 Å². The fraction of sp³-hybridized carbons (Fsp3) is 0.467. The largest absolute Gasteiger partial charge is 0.352 e. The molecule has 3 rings (SSSR count). The first kappa shape index (κ1) is 15.0. The van der Waals surface area contributed by atoms with Crippen molar-refractivity contribution in [1.82, 2.24) is 9.62 Å². The van der Waals surface area contributed by atoms with Crippen molar-refractivity contribution < 1.29 is 13.2 Å². The van der Waals surface area contributed by atoms with Crippen LogP contribution < -0.4 is 5.32 Å². The van der Waals surface area contributed by atoms with Gasteiger partial charge in [0.2, 0.25) is 15.9 Å². The van der Waals surface area contributed by atoms with Crippen LogP contribution in [0.4, 0.5) is 0 Å². The number of nitrogens with zero attached hydrogens (tertiary/aromatic N) is 2. The number of rotatable bonds is 6. The lowest BCUT2D eigenvalue weighted by Crippen LogP contribution is -2.42. The highest BCUT2D eigenvalue weighted by molar-refractivity contribution is 7.89. The Kier molecular flexibility index (Phi) is 3.89. The molecule has 2 aliphatic carbocycles. The normalized spacial score (nSPS) is 18.0. The predicted molar refractivity (Wildman–Crippen MR) is 79.2 cm³/mol. The molecule has 0 atom stereocenters. The molecule has 2 aliphatic rings. The molecule has 7 heteroatoms. The van der Waals surface area contributed by atoms with Gasteiger partial charge in [0.05, 0.1) is 23.1 Å². The van der Waals surface area contributed by atoms with Gasteiger partial charge in [0, 0.05) is 12.1 Å². The van der Waals surface area contributed by atoms with E-state index >= 15 is 0 Å². The van der Waals surface area contributed by atoms with E-state index in [4.69, 9.17) is 5.26 Å². The first-order valence-electron chi connectivity index (χ1n) is 7.32. The third-order valence-corrected chi connectivity index (χ3v) is 5.70. The number of nitriles is 1. The Morgan fingerprint density at radius 3 is 2.36 bits per heavy atom. The third kappa shape index (κ3) is 3.29. The fourth-order valence-corrected chi connectivity index (χ4v) is 3.89. The maximum atomic E-state index is 12.7. The van der Waals surface area contributed by atoms with Gasteiger partial charge in [0.15, 0.2) is 0 Å². The van der Waals surface area contributed by atoms with Gasteiger partial charge in [-0.05, 0) is 49.9 Å². The molecule has 0 spiro atoms. The van der Waals surface area contributed by atoms with Crippen molar-refractivity contribution in [1.29, 1.82) is 5.26 Å². The maximum absolute atomic E-state index is 12.7. The first-order valence-corrected chi connectivity index (χ1v) is 8.76. The summed E-state index contributed by atoms with van der Waals surface area (Å²) < 4.78 is 26.7. The van der Waals surface area contributed by atoms with E-state index in [-0.39, 0.29) is 29.4 Å². The fourth-order valence-electron chi connectivity index (χ4n) is 2.25. The number of nitrogens with one attached hydrogen (secondary N) is 1. The SMILES string of the molecule is N#Cc1ccc(S(=O)(=O)N(CC(=O)NC2CC2)C2CC2)cc1. The molecule has 2 fully saturated rings. The Balaban J connectivity index is 1.79. The summed E-state index contributed by atoms with van der Waals surface area (Å²) in [6.07, 6.45) is 3.51. The van der Waals surface area contributed by atoms with Crippen LogP contribution in [0.2, 0.25) is 0 Å². The van der Waals surface area contributed by atoms with Crippen LogP contribution in [0.5, 0.6) is 0 Å². The van der Waals surface area contributed by atoms with E-state index in [0.29, 0.717) is 5.56 Å². The van der Waals surface area contributed by atoms with Gasteiger partial charge in [0.25, 0.3) is 0 Å². The third-order valence-electron chi connectivity index (χ3n) is 3.79. The van der Waals surface area contributed by atoms with Crippen LogP contribution in [0.3, 0.4) is 0 Å². The summed E-state index contributed by atoms with van der Waals surface area (Å²) in [5.41, 5.74) is 0.406. The van der Waals surface area contributed by atoms with E-state index in [2.05, 4.69) is 5.32 Å². The van der Waals surface area contributed by atoms with Gasteiger partial charge in [-0.1, -0.05) is 0 Å². The van der Waals surface area contributed by atoms with E-state index in [1.807, 2.05) is 6.07 Å². The quantitative estimate of drug-likeness (QED) is 0.846. The number of benzene rings is 1. The minimum atomic E-state index is -3.71. The average molecular weight is 319 g/mol. The monoisotopic (exact) mass is 319 g/mol. The second-order valence-electron chi connectivity index (χ2n) is 5.76. The van der Waals surface area contributed by atoms with Gasteiger partial charge in [-0.3, -0.25) is 4.79 Å². The molecule has 6 nitrogen and oxygen atoms in total. The van der Waals surface area contributed by atoms with E-state index < -0.39 is 10.0 Å². The van der Waals surface area contributed by atoms with Crippen molar-refractivity contribution in [3.8, 4) is 6.07 Å². The van der Waals surface area contributed by atoms with Crippen LogP contribution in [0.25, 0.3) is 0 Å². The summed E-state index contributed by atoms with van der Waals surface area (Å²) in [4.78, 5) is 12.1. The van der Waals surface area contributed by atoms with Gasteiger partial charge >= 0.3 is 0 Å². The number of amides is 1. The molecule has 0 heterocycles. The van der Waals surface area contributed by atoms with Crippen LogP contribution in [-0.4, -0.2) is 37.3 Å². The smallest absolute Gasteiger partial charge is 0.243 e. The second-order valence-corrected chi connectivity index (χ2v) is 7.65. The molecule has 2 saturated carbocycles. The molecule has 0 radical (unpaired) electrons. The van der Waals surface area contributed by atoms with Crippen molar-refractivity contribution in [2.75, 3.05) is 6.54 Å². The molecule has 116 valence electrons. The molecular formula is C15H17N3O3S. The Morgan fingerprint density at radius 1 is 1.23 bits per heavy atom. The molecule has 0 aromatic heterocycles. The summed E-state index contributed by atoms with van der Waals surface area (Å²) in [7, 11) is -3.71. The average Bonchev–Trinajstić information content (AvgIpc) is 3.38. The van der Waals surface area contributed by atoms with E-state index in [1.54, 1.807) is 0 Å². The zero-order valence-electron chi connectivity index (χ0n) is 12.0. The Labute approximate surface area is 129 Å². The molecule has 0 bridgehead atoms. The topological polar surface area (TPSA) is 90.3 Å². The molecule has 1 aromatic rings. The van der Waals surface area contributed by atoms with Crippen molar-refractivity contribution in [3.63, 3.8) is 0 Å². The van der Waals surface area contributed by atoms with Crippen molar-refractivity contribution in [2.45, 2.75) is 42.7 Å². The molecule has 1 aromatic carbocycles. The maximum Gasteiger partial charge on any atom is 0.243 e. The number of carbonyl (C=O) groups excluding carboxylic acids is 1. The highest BCUT2D eigenvalue weighted by Gasteiger charge is 2.39. The predicted octanol–water partition coefficient (Wildman–Crippen LogP) is 0.990. The summed E-state index contributed by atoms with van der Waals surface area (Å²) in [5, 5.41) is 11.6. The highest BCUT2D eigenvalue weighted by Crippen LogP contribution is 2.32. The Bertz CT molecular complexity index is 713. The van der Waals surface area contributed by atoms with Crippen LogP contribution >= 0.6 is 0 Å². The molecule has 0 saturated heterocycles. The minimum Gasteiger partial charge on any atom is -0.352 e. The number of hydrogen-bond acceptors (Lipinski definition) is 4. The van der Waals surface area contributed by atoms with Gasteiger partial charge in [0.1, 0.15) is 0 Å². The Morgan fingerprint density at radius 2 is 1.86 bits per heavy atom. The van der Waals surface area contributed by atoms with Crippen LogP contribution in [0.15, 0.2) is 29.2 Å². The molecule has 0 unspecified atom stereocenters. The van der Waals surface area contributed by atoms with Crippen molar-refractivity contribution >= 4 is 15.9 Å². The van der Waals surface area contributed by atoms with Gasteiger partial charge < -0.3 is 5.32 Å². The first-order chi connectivity index (χ1) is 10.5. The van der Waals surface area contributed by atoms with E-state index in [0.717, 1.165) is 25.7 Å². The second kappa shape index (κ2) is 5.71. The lowest BCUT2D eigenvalue weighted by Gasteiger charge is -2.21. The summed E-state index contributed by atoms with van der Waals surface area (Å²) >= 11 is 0. The zero-order valence-corrected chi connectivity index (χ0v) is 12.8. The lowest BCUT2D eigenvalue weighted by molar-refractivity contribution is -0.121. The standard InChI is InChI=1S/C15H17N3O3S/c16-9-11-1-7-14(8-2-11)22(20,21)18(13-5-6-13)10-15(19)17-12-3-4-12/h1-2,7-8,12-13H,3-6,10H2,(H,17,19).